The van der Waals surface area contributed by atoms with Crippen molar-refractivity contribution >= 4 is 11.3 Å². The summed E-state index contributed by atoms with van der Waals surface area (Å²) >= 11 is 1.65. The maximum Gasteiger partial charge on any atom is 0.114 e. The molecular weight excluding hydrogens is 653 g/mol. The van der Waals surface area contributed by atoms with Gasteiger partial charge in [-0.05, 0) is 27.8 Å². The summed E-state index contributed by atoms with van der Waals surface area (Å²) in [6, 6.07) is 51.5. The lowest BCUT2D eigenvalue weighted by Gasteiger charge is -2.52. The maximum absolute atomic E-state index is 7.06. The molecule has 1 saturated heterocycles. The molecule has 0 unspecified atom stereocenters. The van der Waals surface area contributed by atoms with Crippen LogP contribution in [0.15, 0.2) is 163 Å². The van der Waals surface area contributed by atoms with Crippen LogP contribution in [-0.4, -0.2) is 40.8 Å². The van der Waals surface area contributed by atoms with Crippen LogP contribution in [0, 0.1) is 0 Å². The van der Waals surface area contributed by atoms with Crippen LogP contribution >= 0.6 is 11.3 Å². The number of benzene rings is 5. The van der Waals surface area contributed by atoms with E-state index in [0.29, 0.717) is 39.6 Å². The molecule has 1 aliphatic heterocycles. The van der Waals surface area contributed by atoms with Gasteiger partial charge in [0.1, 0.15) is 23.3 Å². The van der Waals surface area contributed by atoms with Gasteiger partial charge in [0, 0.05) is 18.1 Å². The Kier molecular flexibility index (Phi) is 12.4. The average Bonchev–Trinajstić information content (AvgIpc) is 3.73. The lowest BCUT2D eigenvalue weighted by Crippen LogP contribution is -2.65. The Hall–Kier alpha value is -4.47. The molecule has 0 amide bonds. The first kappa shape index (κ1) is 35.0. The second kappa shape index (κ2) is 18.1. The van der Waals surface area contributed by atoms with Crippen molar-refractivity contribution in [2.75, 3.05) is 6.61 Å². The molecule has 5 aromatic carbocycles. The molecule has 6 nitrogen and oxygen atoms in total. The molecule has 0 aliphatic carbocycles. The molecular formula is C44H44N2O4S. The number of rotatable bonds is 16. The standard InChI is InChI=1S/C44H44N2O4S/c1-6-16-34(17-7-1)28-46-39(33-47-29-35-18-8-2-9-19-35)41(48-30-36-20-10-3-11-21-36)43(50-32-38-24-14-5-15-25-38)42(40(46)44-45-26-27-51-44)49-31-37-22-12-4-13-23-37/h1-27,39-43H,28-33H2/t39-,40-,41+,42-,43-/m0/s1. The molecule has 1 fully saturated rings. The fourth-order valence-electron chi connectivity index (χ4n) is 6.79. The highest BCUT2D eigenvalue weighted by Crippen LogP contribution is 2.42. The van der Waals surface area contributed by atoms with Gasteiger partial charge in [0.25, 0.3) is 0 Å². The van der Waals surface area contributed by atoms with Gasteiger partial charge in [-0.25, -0.2) is 4.98 Å². The van der Waals surface area contributed by atoms with Crippen LogP contribution in [0.2, 0.25) is 0 Å². The van der Waals surface area contributed by atoms with E-state index in [1.807, 2.05) is 60.1 Å². The van der Waals surface area contributed by atoms with E-state index in [1.165, 1.54) is 5.56 Å². The molecule has 0 N–H and O–H groups in total. The minimum atomic E-state index is -0.441. The predicted molar refractivity (Wildman–Crippen MR) is 202 cm³/mol. The first-order valence-electron chi connectivity index (χ1n) is 17.6. The number of likely N-dealkylation sites (tertiary alicyclic amines) is 1. The Morgan fingerprint density at radius 2 is 0.922 bits per heavy atom. The minimum Gasteiger partial charge on any atom is -0.375 e. The summed E-state index contributed by atoms with van der Waals surface area (Å²) in [5.41, 5.74) is 5.61. The highest BCUT2D eigenvalue weighted by molar-refractivity contribution is 7.09. The van der Waals surface area contributed by atoms with Crippen molar-refractivity contribution in [3.8, 4) is 0 Å². The molecule has 0 radical (unpaired) electrons. The summed E-state index contributed by atoms with van der Waals surface area (Å²) < 4.78 is 27.8. The van der Waals surface area contributed by atoms with Crippen LogP contribution in [0.1, 0.15) is 38.9 Å². The van der Waals surface area contributed by atoms with Gasteiger partial charge in [-0.2, -0.15) is 0 Å². The van der Waals surface area contributed by atoms with Crippen molar-refractivity contribution in [1.29, 1.82) is 0 Å². The lowest BCUT2D eigenvalue weighted by atomic mass is 9.86. The average molecular weight is 697 g/mol. The number of thiazole rings is 1. The van der Waals surface area contributed by atoms with Crippen molar-refractivity contribution in [2.24, 2.45) is 0 Å². The Morgan fingerprint density at radius 1 is 0.490 bits per heavy atom. The van der Waals surface area contributed by atoms with Crippen molar-refractivity contribution < 1.29 is 18.9 Å². The first-order chi connectivity index (χ1) is 25.3. The van der Waals surface area contributed by atoms with Crippen molar-refractivity contribution in [2.45, 2.75) is 63.4 Å². The Bertz CT molecular complexity index is 1830. The zero-order chi connectivity index (χ0) is 34.5. The van der Waals surface area contributed by atoms with Crippen LogP contribution in [0.3, 0.4) is 0 Å². The molecule has 0 spiro atoms. The molecule has 1 aliphatic rings. The Labute approximate surface area is 305 Å². The zero-order valence-corrected chi connectivity index (χ0v) is 29.5. The van der Waals surface area contributed by atoms with Crippen LogP contribution in [-0.2, 0) is 51.9 Å². The van der Waals surface area contributed by atoms with Gasteiger partial charge in [0.15, 0.2) is 0 Å². The summed E-state index contributed by atoms with van der Waals surface area (Å²) in [4.78, 5) is 7.42. The van der Waals surface area contributed by atoms with E-state index in [2.05, 4.69) is 108 Å². The van der Waals surface area contributed by atoms with E-state index in [4.69, 9.17) is 23.9 Å². The van der Waals surface area contributed by atoms with E-state index in [1.54, 1.807) is 11.3 Å². The molecule has 0 saturated carbocycles. The van der Waals surface area contributed by atoms with Crippen LogP contribution in [0.5, 0.6) is 0 Å². The van der Waals surface area contributed by atoms with E-state index in [0.717, 1.165) is 27.3 Å². The van der Waals surface area contributed by atoms with E-state index < -0.39 is 18.3 Å². The SMILES string of the molecule is c1ccc(COC[C@H]2[C@@H](OCc3ccccc3)[C@H](OCc3ccccc3)[C@@H](OCc3ccccc3)[C@@H](c3nccs3)N2Cc2ccccc2)cc1. The molecule has 2 heterocycles. The molecule has 6 aromatic rings. The summed E-state index contributed by atoms with van der Waals surface area (Å²) in [6.07, 6.45) is 0.637. The topological polar surface area (TPSA) is 53.1 Å². The third-order valence-corrected chi connectivity index (χ3v) is 10.1. The highest BCUT2D eigenvalue weighted by Gasteiger charge is 2.53. The summed E-state index contributed by atoms with van der Waals surface area (Å²) in [6.45, 7) is 2.86. The van der Waals surface area contributed by atoms with E-state index in [-0.39, 0.29) is 12.1 Å². The van der Waals surface area contributed by atoms with Crippen LogP contribution in [0.4, 0.5) is 0 Å². The van der Waals surface area contributed by atoms with Gasteiger partial charge in [0.2, 0.25) is 0 Å². The van der Waals surface area contributed by atoms with Gasteiger partial charge in [-0.15, -0.1) is 11.3 Å². The molecule has 5 atom stereocenters. The van der Waals surface area contributed by atoms with Gasteiger partial charge in [-0.3, -0.25) is 4.90 Å². The second-order valence-corrected chi connectivity index (χ2v) is 13.8. The van der Waals surface area contributed by atoms with E-state index in [9.17, 15) is 0 Å². The number of piperidine rings is 1. The number of hydrogen-bond acceptors (Lipinski definition) is 7. The molecule has 0 bridgehead atoms. The molecule has 7 rings (SSSR count). The van der Waals surface area contributed by atoms with Gasteiger partial charge in [-0.1, -0.05) is 152 Å². The Balaban J connectivity index is 1.31. The second-order valence-electron chi connectivity index (χ2n) is 12.8. The van der Waals surface area contributed by atoms with Crippen molar-refractivity contribution in [1.82, 2.24) is 9.88 Å². The van der Waals surface area contributed by atoms with Crippen molar-refractivity contribution in [3.63, 3.8) is 0 Å². The molecule has 51 heavy (non-hydrogen) atoms. The van der Waals surface area contributed by atoms with E-state index >= 15 is 0 Å². The smallest absolute Gasteiger partial charge is 0.114 e. The zero-order valence-electron chi connectivity index (χ0n) is 28.7. The summed E-state index contributed by atoms with van der Waals surface area (Å²) in [7, 11) is 0. The molecule has 7 heteroatoms. The molecule has 1 aromatic heterocycles. The first-order valence-corrected chi connectivity index (χ1v) is 18.5. The number of nitrogens with zero attached hydrogens (tertiary/aromatic N) is 2. The van der Waals surface area contributed by atoms with Crippen LogP contribution in [0.25, 0.3) is 0 Å². The normalized spacial score (nSPS) is 20.7. The third-order valence-electron chi connectivity index (χ3n) is 9.29. The van der Waals surface area contributed by atoms with Gasteiger partial charge in [0.05, 0.1) is 45.1 Å². The number of ether oxygens (including phenoxy) is 4. The summed E-state index contributed by atoms with van der Waals surface area (Å²) in [5.74, 6) is 0. The summed E-state index contributed by atoms with van der Waals surface area (Å²) in [5, 5.41) is 3.02. The predicted octanol–water partition coefficient (Wildman–Crippen LogP) is 9.04. The molecule has 260 valence electrons. The van der Waals surface area contributed by atoms with Crippen molar-refractivity contribution in [3.05, 3.63) is 196 Å². The minimum absolute atomic E-state index is 0.191. The fraction of sp³-hybridized carbons (Fsp3) is 0.250. The quantitative estimate of drug-likeness (QED) is 0.101. The van der Waals surface area contributed by atoms with Crippen LogP contribution < -0.4 is 0 Å². The fourth-order valence-corrected chi connectivity index (χ4v) is 7.58. The van der Waals surface area contributed by atoms with Gasteiger partial charge >= 0.3 is 0 Å². The highest BCUT2D eigenvalue weighted by atomic mass is 32.1. The number of aromatic nitrogens is 1. The third kappa shape index (κ3) is 9.45. The monoisotopic (exact) mass is 696 g/mol. The lowest BCUT2D eigenvalue weighted by molar-refractivity contribution is -0.233. The van der Waals surface area contributed by atoms with Gasteiger partial charge < -0.3 is 18.9 Å². The largest absolute Gasteiger partial charge is 0.375 e. The number of hydrogen-bond donors (Lipinski definition) is 0. The Morgan fingerprint density at radius 3 is 1.39 bits per heavy atom. The maximum atomic E-state index is 7.06.